The molecule has 98 valence electrons. The van der Waals surface area contributed by atoms with Gasteiger partial charge in [-0.15, -0.1) is 0 Å². The van der Waals surface area contributed by atoms with Gasteiger partial charge in [-0.3, -0.25) is 0 Å². The smallest absolute Gasteiger partial charge is 0.410 e. The van der Waals surface area contributed by atoms with Crippen molar-refractivity contribution in [1.82, 2.24) is 4.90 Å². The number of rotatable bonds is 2. The topological polar surface area (TPSA) is 49.8 Å². The van der Waals surface area contributed by atoms with Gasteiger partial charge in [0.15, 0.2) is 0 Å². The van der Waals surface area contributed by atoms with Crippen molar-refractivity contribution >= 4 is 6.09 Å². The summed E-state index contributed by atoms with van der Waals surface area (Å²) in [5.41, 5.74) is 0.982. The molecule has 1 unspecified atom stereocenters. The minimum Gasteiger partial charge on any atom is -0.445 e. The second-order valence-corrected chi connectivity index (χ2v) is 4.82. The highest BCUT2D eigenvalue weighted by Crippen LogP contribution is 2.17. The van der Waals surface area contributed by atoms with Crippen molar-refractivity contribution in [2.75, 3.05) is 13.1 Å². The van der Waals surface area contributed by atoms with Gasteiger partial charge in [-0.25, -0.2) is 4.79 Å². The average molecular weight is 249 g/mol. The van der Waals surface area contributed by atoms with Gasteiger partial charge in [-0.1, -0.05) is 37.3 Å². The van der Waals surface area contributed by atoms with Gasteiger partial charge in [0.05, 0.1) is 6.10 Å². The Morgan fingerprint density at radius 1 is 1.44 bits per heavy atom. The normalized spacial score (nSPS) is 23.8. The SMILES string of the molecule is C[C@H]1CN(C(=O)OCc2ccccc2)CCC1O. The molecule has 1 aromatic carbocycles. The van der Waals surface area contributed by atoms with Crippen LogP contribution in [0.4, 0.5) is 4.79 Å². The number of hydrogen-bond donors (Lipinski definition) is 1. The first-order valence-corrected chi connectivity index (χ1v) is 6.30. The summed E-state index contributed by atoms with van der Waals surface area (Å²) in [6, 6.07) is 9.62. The Balaban J connectivity index is 1.82. The predicted octanol–water partition coefficient (Wildman–Crippen LogP) is 2.03. The zero-order valence-electron chi connectivity index (χ0n) is 10.6. The fourth-order valence-corrected chi connectivity index (χ4v) is 2.11. The summed E-state index contributed by atoms with van der Waals surface area (Å²) in [7, 11) is 0. The van der Waals surface area contributed by atoms with E-state index in [0.717, 1.165) is 5.56 Å². The van der Waals surface area contributed by atoms with Crippen LogP contribution in [-0.4, -0.2) is 35.3 Å². The first kappa shape index (κ1) is 12.9. The van der Waals surface area contributed by atoms with Crippen LogP contribution >= 0.6 is 0 Å². The van der Waals surface area contributed by atoms with Crippen molar-refractivity contribution in [3.05, 3.63) is 35.9 Å². The minimum absolute atomic E-state index is 0.114. The lowest BCUT2D eigenvalue weighted by atomic mass is 9.97. The highest BCUT2D eigenvalue weighted by molar-refractivity contribution is 5.67. The second-order valence-electron chi connectivity index (χ2n) is 4.82. The molecular formula is C14H19NO3. The highest BCUT2D eigenvalue weighted by Gasteiger charge is 2.27. The lowest BCUT2D eigenvalue weighted by molar-refractivity contribution is 0.0248. The van der Waals surface area contributed by atoms with Gasteiger partial charge in [0.2, 0.25) is 0 Å². The third kappa shape index (κ3) is 3.23. The fraction of sp³-hybridized carbons (Fsp3) is 0.500. The van der Waals surface area contributed by atoms with Gasteiger partial charge in [-0.05, 0) is 17.9 Å². The molecule has 1 heterocycles. The summed E-state index contributed by atoms with van der Waals surface area (Å²) >= 11 is 0. The number of aliphatic hydroxyl groups is 1. The van der Waals surface area contributed by atoms with Gasteiger partial charge in [0.25, 0.3) is 0 Å². The molecule has 18 heavy (non-hydrogen) atoms. The van der Waals surface area contributed by atoms with Crippen LogP contribution in [0.2, 0.25) is 0 Å². The molecule has 1 aliphatic heterocycles. The molecule has 1 aliphatic rings. The van der Waals surface area contributed by atoms with E-state index in [1.54, 1.807) is 4.90 Å². The third-order valence-corrected chi connectivity index (χ3v) is 3.32. The Bertz CT molecular complexity index is 393. The monoisotopic (exact) mass is 249 g/mol. The standard InChI is InChI=1S/C14H19NO3/c1-11-9-15(8-7-13(11)16)14(17)18-10-12-5-3-2-4-6-12/h2-6,11,13,16H,7-10H2,1H3/t11-,13?/m0/s1. The summed E-state index contributed by atoms with van der Waals surface area (Å²) in [4.78, 5) is 13.5. The van der Waals surface area contributed by atoms with Crippen LogP contribution in [-0.2, 0) is 11.3 Å². The van der Waals surface area contributed by atoms with E-state index in [4.69, 9.17) is 4.74 Å². The van der Waals surface area contributed by atoms with Crippen LogP contribution in [0.1, 0.15) is 18.9 Å². The van der Waals surface area contributed by atoms with Crippen LogP contribution in [0, 0.1) is 5.92 Å². The molecule has 0 bridgehead atoms. The summed E-state index contributed by atoms with van der Waals surface area (Å²) < 4.78 is 5.26. The number of carbonyl (C=O) groups excluding carboxylic acids is 1. The number of hydrogen-bond acceptors (Lipinski definition) is 3. The molecule has 1 aromatic rings. The van der Waals surface area contributed by atoms with Gasteiger partial charge in [0, 0.05) is 13.1 Å². The van der Waals surface area contributed by atoms with E-state index in [2.05, 4.69) is 0 Å². The number of likely N-dealkylation sites (tertiary alicyclic amines) is 1. The van der Waals surface area contributed by atoms with Gasteiger partial charge >= 0.3 is 6.09 Å². The van der Waals surface area contributed by atoms with Gasteiger partial charge < -0.3 is 14.7 Å². The summed E-state index contributed by atoms with van der Waals surface area (Å²) in [5, 5.41) is 9.61. The quantitative estimate of drug-likeness (QED) is 0.872. The molecule has 1 saturated heterocycles. The lowest BCUT2D eigenvalue weighted by Gasteiger charge is -2.33. The third-order valence-electron chi connectivity index (χ3n) is 3.32. The summed E-state index contributed by atoms with van der Waals surface area (Å²) in [6.45, 7) is 3.38. The molecule has 0 aromatic heterocycles. The number of aliphatic hydroxyl groups excluding tert-OH is 1. The average Bonchev–Trinajstić information content (AvgIpc) is 2.40. The van der Waals surface area contributed by atoms with Crippen LogP contribution in [0.15, 0.2) is 30.3 Å². The zero-order valence-corrected chi connectivity index (χ0v) is 10.6. The van der Waals surface area contributed by atoms with Gasteiger partial charge in [-0.2, -0.15) is 0 Å². The zero-order chi connectivity index (χ0) is 13.0. The number of nitrogens with zero attached hydrogens (tertiary/aromatic N) is 1. The Morgan fingerprint density at radius 3 is 2.83 bits per heavy atom. The lowest BCUT2D eigenvalue weighted by Crippen LogP contribution is -2.45. The van der Waals surface area contributed by atoms with E-state index < -0.39 is 0 Å². The molecule has 1 fully saturated rings. The van der Waals surface area contributed by atoms with E-state index in [0.29, 0.717) is 26.1 Å². The highest BCUT2D eigenvalue weighted by atomic mass is 16.6. The number of amides is 1. The Morgan fingerprint density at radius 2 is 2.17 bits per heavy atom. The number of ether oxygens (including phenoxy) is 1. The van der Waals surface area contributed by atoms with Crippen molar-refractivity contribution in [3.8, 4) is 0 Å². The van der Waals surface area contributed by atoms with E-state index in [1.807, 2.05) is 37.3 Å². The Labute approximate surface area is 107 Å². The van der Waals surface area contributed by atoms with E-state index >= 15 is 0 Å². The molecule has 1 N–H and O–H groups in total. The summed E-state index contributed by atoms with van der Waals surface area (Å²) in [5.74, 6) is 0.114. The van der Waals surface area contributed by atoms with E-state index in [1.165, 1.54) is 0 Å². The van der Waals surface area contributed by atoms with Gasteiger partial charge in [0.1, 0.15) is 6.61 Å². The molecule has 0 spiro atoms. The first-order valence-electron chi connectivity index (χ1n) is 6.30. The van der Waals surface area contributed by atoms with E-state index in [-0.39, 0.29) is 18.1 Å². The molecule has 0 saturated carbocycles. The molecule has 0 aliphatic carbocycles. The van der Waals surface area contributed by atoms with Crippen molar-refractivity contribution in [2.24, 2.45) is 5.92 Å². The molecule has 1 amide bonds. The maximum atomic E-state index is 11.8. The Kier molecular flexibility index (Phi) is 4.20. The minimum atomic E-state index is -0.303. The second kappa shape index (κ2) is 5.87. The van der Waals surface area contributed by atoms with Crippen molar-refractivity contribution in [2.45, 2.75) is 26.1 Å². The maximum Gasteiger partial charge on any atom is 0.410 e. The molecule has 4 heteroatoms. The number of piperidine rings is 1. The molecule has 2 atom stereocenters. The first-order chi connectivity index (χ1) is 8.66. The largest absolute Gasteiger partial charge is 0.445 e. The van der Waals surface area contributed by atoms with E-state index in [9.17, 15) is 9.90 Å². The number of benzene rings is 1. The van der Waals surface area contributed by atoms with Crippen molar-refractivity contribution in [1.29, 1.82) is 0 Å². The predicted molar refractivity (Wildman–Crippen MR) is 68.0 cm³/mol. The fourth-order valence-electron chi connectivity index (χ4n) is 2.11. The number of carbonyl (C=O) groups is 1. The molecule has 2 rings (SSSR count). The summed E-state index contributed by atoms with van der Waals surface area (Å²) in [6.07, 6.45) is 0.0301. The molecule has 0 radical (unpaired) electrons. The van der Waals surface area contributed by atoms with Crippen LogP contribution in [0.25, 0.3) is 0 Å². The van der Waals surface area contributed by atoms with Crippen LogP contribution in [0.5, 0.6) is 0 Å². The van der Waals surface area contributed by atoms with Crippen LogP contribution < -0.4 is 0 Å². The van der Waals surface area contributed by atoms with Crippen molar-refractivity contribution < 1.29 is 14.6 Å². The van der Waals surface area contributed by atoms with Crippen molar-refractivity contribution in [3.63, 3.8) is 0 Å². The molecule has 4 nitrogen and oxygen atoms in total. The molecular weight excluding hydrogens is 230 g/mol. The Hall–Kier alpha value is -1.55. The van der Waals surface area contributed by atoms with Crippen LogP contribution in [0.3, 0.4) is 0 Å². The maximum absolute atomic E-state index is 11.8.